The maximum Gasteiger partial charge on any atom is 0.323 e. The van der Waals surface area contributed by atoms with Gasteiger partial charge in [-0.25, -0.2) is 4.39 Å². The molecule has 0 saturated carbocycles. The van der Waals surface area contributed by atoms with Gasteiger partial charge in [0.05, 0.1) is 7.11 Å². The number of hydrogen-bond acceptors (Lipinski definition) is 3. The van der Waals surface area contributed by atoms with Gasteiger partial charge in [-0.15, -0.1) is 0 Å². The second-order valence-electron chi connectivity index (χ2n) is 4.19. The van der Waals surface area contributed by atoms with Crippen LogP contribution in [0.1, 0.15) is 27.7 Å². The number of esters is 1. The topological polar surface area (TPSA) is 52.3 Å². The fraction of sp³-hybridized carbons (Fsp3) is 0.889. The van der Waals surface area contributed by atoms with E-state index in [9.17, 15) is 9.18 Å². The minimum atomic E-state index is -1.53. The first-order valence-corrected chi connectivity index (χ1v) is 4.17. The molecular formula is C9H18FNO2. The van der Waals surface area contributed by atoms with Crippen molar-refractivity contribution in [3.05, 3.63) is 0 Å². The fourth-order valence-electron chi connectivity index (χ4n) is 0.791. The minimum Gasteiger partial charge on any atom is -0.468 e. The third kappa shape index (κ3) is 2.40. The van der Waals surface area contributed by atoms with Crippen LogP contribution in [-0.2, 0) is 9.53 Å². The Labute approximate surface area is 78.4 Å². The highest BCUT2D eigenvalue weighted by molar-refractivity contribution is 5.76. The first kappa shape index (κ1) is 12.4. The summed E-state index contributed by atoms with van der Waals surface area (Å²) in [6.07, 6.45) is 0. The van der Waals surface area contributed by atoms with Crippen LogP contribution in [0.2, 0.25) is 0 Å². The molecule has 78 valence electrons. The Morgan fingerprint density at radius 3 is 2.00 bits per heavy atom. The van der Waals surface area contributed by atoms with Crippen molar-refractivity contribution in [2.75, 3.05) is 7.11 Å². The van der Waals surface area contributed by atoms with E-state index >= 15 is 0 Å². The van der Waals surface area contributed by atoms with Crippen LogP contribution in [0, 0.1) is 5.41 Å². The van der Waals surface area contributed by atoms with Crippen LogP contribution < -0.4 is 5.73 Å². The van der Waals surface area contributed by atoms with Crippen molar-refractivity contribution in [1.82, 2.24) is 0 Å². The van der Waals surface area contributed by atoms with Gasteiger partial charge in [0, 0.05) is 5.41 Å². The average Bonchev–Trinajstić information content (AvgIpc) is 1.99. The maximum atomic E-state index is 13.6. The van der Waals surface area contributed by atoms with Crippen molar-refractivity contribution in [3.63, 3.8) is 0 Å². The summed E-state index contributed by atoms with van der Waals surface area (Å²) in [6.45, 7) is 6.01. The SMILES string of the molecule is COC(=O)C(N)C(C)(C)C(C)(C)F. The van der Waals surface area contributed by atoms with E-state index in [0.29, 0.717) is 0 Å². The molecule has 0 rings (SSSR count). The Morgan fingerprint density at radius 2 is 1.77 bits per heavy atom. The molecule has 1 unspecified atom stereocenters. The number of methoxy groups -OCH3 is 1. The van der Waals surface area contributed by atoms with E-state index in [1.165, 1.54) is 21.0 Å². The van der Waals surface area contributed by atoms with Gasteiger partial charge in [0.25, 0.3) is 0 Å². The molecule has 0 aromatic heterocycles. The predicted molar refractivity (Wildman–Crippen MR) is 49.0 cm³/mol. The maximum absolute atomic E-state index is 13.6. The zero-order valence-electron chi connectivity index (χ0n) is 8.85. The molecule has 0 spiro atoms. The van der Waals surface area contributed by atoms with Gasteiger partial charge in [-0.1, -0.05) is 13.8 Å². The summed E-state index contributed by atoms with van der Waals surface area (Å²) in [6, 6.07) is -0.947. The van der Waals surface area contributed by atoms with Crippen LogP contribution in [0.15, 0.2) is 0 Å². The van der Waals surface area contributed by atoms with Gasteiger partial charge in [0.15, 0.2) is 0 Å². The highest BCUT2D eigenvalue weighted by Crippen LogP contribution is 2.36. The Bertz CT molecular complexity index is 196. The molecule has 0 aliphatic carbocycles. The lowest BCUT2D eigenvalue weighted by Crippen LogP contribution is -2.53. The normalized spacial score (nSPS) is 15.3. The lowest BCUT2D eigenvalue weighted by molar-refractivity contribution is -0.148. The molecule has 0 aromatic rings. The lowest BCUT2D eigenvalue weighted by Gasteiger charge is -2.38. The summed E-state index contributed by atoms with van der Waals surface area (Å²) < 4.78 is 18.1. The Hall–Kier alpha value is -0.640. The number of nitrogens with two attached hydrogens (primary N) is 1. The Kier molecular flexibility index (Phi) is 3.44. The molecule has 3 nitrogen and oxygen atoms in total. The van der Waals surface area contributed by atoms with Crippen LogP contribution in [0.3, 0.4) is 0 Å². The molecule has 0 amide bonds. The second kappa shape index (κ2) is 3.62. The number of halogens is 1. The van der Waals surface area contributed by atoms with E-state index in [-0.39, 0.29) is 0 Å². The average molecular weight is 191 g/mol. The van der Waals surface area contributed by atoms with E-state index in [2.05, 4.69) is 4.74 Å². The van der Waals surface area contributed by atoms with Gasteiger partial charge in [0.1, 0.15) is 11.7 Å². The zero-order valence-corrected chi connectivity index (χ0v) is 8.85. The third-order valence-electron chi connectivity index (χ3n) is 2.76. The van der Waals surface area contributed by atoms with Gasteiger partial charge in [-0.05, 0) is 13.8 Å². The molecule has 1 atom stereocenters. The molecule has 0 bridgehead atoms. The van der Waals surface area contributed by atoms with Crippen LogP contribution in [0.4, 0.5) is 4.39 Å². The van der Waals surface area contributed by atoms with Crippen LogP contribution in [0.5, 0.6) is 0 Å². The molecule has 4 heteroatoms. The fourth-order valence-corrected chi connectivity index (χ4v) is 0.791. The van der Waals surface area contributed by atoms with Gasteiger partial charge >= 0.3 is 5.97 Å². The third-order valence-corrected chi connectivity index (χ3v) is 2.76. The number of alkyl halides is 1. The van der Waals surface area contributed by atoms with Gasteiger partial charge < -0.3 is 10.5 Å². The van der Waals surface area contributed by atoms with Crippen molar-refractivity contribution in [2.24, 2.45) is 11.1 Å². The highest BCUT2D eigenvalue weighted by Gasteiger charge is 2.45. The quantitative estimate of drug-likeness (QED) is 0.683. The molecule has 0 aromatic carbocycles. The van der Waals surface area contributed by atoms with E-state index < -0.39 is 23.1 Å². The monoisotopic (exact) mass is 191 g/mol. The largest absolute Gasteiger partial charge is 0.468 e. The molecule has 0 aliphatic rings. The molecule has 0 aliphatic heterocycles. The van der Waals surface area contributed by atoms with Crippen LogP contribution in [0.25, 0.3) is 0 Å². The summed E-state index contributed by atoms with van der Waals surface area (Å²) >= 11 is 0. The lowest BCUT2D eigenvalue weighted by atomic mass is 9.73. The van der Waals surface area contributed by atoms with Gasteiger partial charge in [-0.2, -0.15) is 0 Å². The van der Waals surface area contributed by atoms with E-state index in [1.54, 1.807) is 13.8 Å². The molecular weight excluding hydrogens is 173 g/mol. The van der Waals surface area contributed by atoms with Crippen molar-refractivity contribution >= 4 is 5.97 Å². The molecule has 0 fully saturated rings. The first-order chi connectivity index (χ1) is 5.64. The number of carbonyl (C=O) groups excluding carboxylic acids is 1. The second-order valence-corrected chi connectivity index (χ2v) is 4.19. The zero-order chi connectivity index (χ0) is 10.9. The smallest absolute Gasteiger partial charge is 0.323 e. The number of ether oxygens (including phenoxy) is 1. The summed E-state index contributed by atoms with van der Waals surface area (Å²) in [4.78, 5) is 11.1. The van der Waals surface area contributed by atoms with Gasteiger partial charge in [-0.3, -0.25) is 4.79 Å². The number of carbonyl (C=O) groups is 1. The van der Waals surface area contributed by atoms with Crippen molar-refractivity contribution in [2.45, 2.75) is 39.4 Å². The summed E-state index contributed by atoms with van der Waals surface area (Å²) in [5.41, 5.74) is 3.11. The van der Waals surface area contributed by atoms with Gasteiger partial charge in [0.2, 0.25) is 0 Å². The van der Waals surface area contributed by atoms with Crippen molar-refractivity contribution < 1.29 is 13.9 Å². The van der Waals surface area contributed by atoms with Crippen molar-refractivity contribution in [3.8, 4) is 0 Å². The summed E-state index contributed by atoms with van der Waals surface area (Å²) in [5, 5.41) is 0. The van der Waals surface area contributed by atoms with Crippen LogP contribution in [-0.4, -0.2) is 24.8 Å². The Balaban J connectivity index is 4.74. The summed E-state index contributed by atoms with van der Waals surface area (Å²) in [7, 11) is 1.24. The van der Waals surface area contributed by atoms with Crippen molar-refractivity contribution in [1.29, 1.82) is 0 Å². The van der Waals surface area contributed by atoms with E-state index in [1.807, 2.05) is 0 Å². The highest BCUT2D eigenvalue weighted by atomic mass is 19.1. The first-order valence-electron chi connectivity index (χ1n) is 4.17. The molecule has 0 radical (unpaired) electrons. The van der Waals surface area contributed by atoms with E-state index in [4.69, 9.17) is 5.73 Å². The molecule has 13 heavy (non-hydrogen) atoms. The molecule has 0 saturated heterocycles. The van der Waals surface area contributed by atoms with E-state index in [0.717, 1.165) is 0 Å². The molecule has 2 N–H and O–H groups in total. The predicted octanol–water partition coefficient (Wildman–Crippen LogP) is 1.26. The number of hydrogen-bond donors (Lipinski definition) is 1. The molecule has 0 heterocycles. The van der Waals surface area contributed by atoms with Crippen LogP contribution >= 0.6 is 0 Å². The minimum absolute atomic E-state index is 0.587. The standard InChI is InChI=1S/C9H18FNO2/c1-8(2,9(3,4)10)6(11)7(12)13-5/h6H,11H2,1-5H3. The summed E-state index contributed by atoms with van der Waals surface area (Å²) in [5.74, 6) is -0.587. The Morgan fingerprint density at radius 1 is 1.38 bits per heavy atom. The number of rotatable bonds is 3.